The van der Waals surface area contributed by atoms with Crippen molar-refractivity contribution in [3.05, 3.63) is 76.3 Å². The van der Waals surface area contributed by atoms with Crippen molar-refractivity contribution in [2.45, 2.75) is 25.9 Å². The molecule has 0 unspecified atom stereocenters. The van der Waals surface area contributed by atoms with Gasteiger partial charge in [-0.1, -0.05) is 0 Å². The second-order valence-corrected chi connectivity index (χ2v) is 11.9. The maximum Gasteiger partial charge on any atom is 0.273 e. The van der Waals surface area contributed by atoms with Gasteiger partial charge in [-0.2, -0.15) is 0 Å². The van der Waals surface area contributed by atoms with Crippen molar-refractivity contribution in [1.82, 2.24) is 14.5 Å². The molecule has 0 atom stereocenters. The average molecular weight is 587 g/mol. The molecule has 10 nitrogen and oxygen atoms in total. The molecule has 5 rings (SSSR count). The van der Waals surface area contributed by atoms with Gasteiger partial charge in [-0.15, -0.1) is 0 Å². The third-order valence-electron chi connectivity index (χ3n) is 6.99. The second kappa shape index (κ2) is 11.0. The van der Waals surface area contributed by atoms with Gasteiger partial charge in [0.25, 0.3) is 11.5 Å². The van der Waals surface area contributed by atoms with Gasteiger partial charge >= 0.3 is 0 Å². The molecule has 0 saturated carbocycles. The van der Waals surface area contributed by atoms with Crippen LogP contribution in [0.15, 0.2) is 53.5 Å². The number of anilines is 1. The molecule has 1 aliphatic heterocycles. The molecule has 0 aliphatic carbocycles. The van der Waals surface area contributed by atoms with E-state index in [1.165, 1.54) is 31.2 Å². The molecule has 1 fully saturated rings. The molecule has 41 heavy (non-hydrogen) atoms. The van der Waals surface area contributed by atoms with Gasteiger partial charge in [-0.3, -0.25) is 14.3 Å². The smallest absolute Gasteiger partial charge is 0.273 e. The third kappa shape index (κ3) is 5.81. The molecule has 216 valence electrons. The lowest BCUT2D eigenvalue weighted by molar-refractivity contribution is 0.0541. The third-order valence-corrected chi connectivity index (χ3v) is 8.30. The summed E-state index contributed by atoms with van der Waals surface area (Å²) in [5.41, 5.74) is 0.656. The van der Waals surface area contributed by atoms with Crippen LogP contribution in [0.25, 0.3) is 22.0 Å². The number of amides is 1. The standard InChI is InChI=1S/C28H28F2N4O6S/c1-3-41(38,39)32-17-5-7-24(40-25-6-4-16(29)12-22(25)30)19(13-17)21-15-33(2)26-20(21)14-23(31-27(26)36)28(37)34-10-8-18(35)9-11-34/h4-7,12-15,18,32,35H,3,8-11H2,1-2H3,(H,31,36). The number of H-pyrrole nitrogens is 1. The van der Waals surface area contributed by atoms with Crippen molar-refractivity contribution in [3.63, 3.8) is 0 Å². The maximum atomic E-state index is 14.5. The van der Waals surface area contributed by atoms with Crippen molar-refractivity contribution in [2.24, 2.45) is 7.05 Å². The molecule has 13 heteroatoms. The number of aliphatic hydroxyl groups excluding tert-OH is 1. The number of nitrogens with one attached hydrogen (secondary N) is 2. The Morgan fingerprint density at radius 1 is 1.10 bits per heavy atom. The summed E-state index contributed by atoms with van der Waals surface area (Å²) in [6, 6.07) is 8.72. The van der Waals surface area contributed by atoms with Gasteiger partial charge < -0.3 is 24.3 Å². The Labute approximate surface area is 234 Å². The van der Waals surface area contributed by atoms with Crippen LogP contribution in [0.1, 0.15) is 30.3 Å². The van der Waals surface area contributed by atoms with E-state index in [2.05, 4.69) is 9.71 Å². The number of ether oxygens (including phenoxy) is 1. The number of carbonyl (C=O) groups is 1. The van der Waals surface area contributed by atoms with E-state index in [0.717, 1.165) is 12.1 Å². The van der Waals surface area contributed by atoms with Gasteiger partial charge in [-0.25, -0.2) is 17.2 Å². The largest absolute Gasteiger partial charge is 0.454 e. The molecule has 0 radical (unpaired) electrons. The molecular formula is C28H28F2N4O6S. The molecule has 1 aliphatic rings. The van der Waals surface area contributed by atoms with Crippen molar-refractivity contribution in [1.29, 1.82) is 0 Å². The summed E-state index contributed by atoms with van der Waals surface area (Å²) in [7, 11) is -2.02. The Kier molecular flexibility index (Phi) is 7.58. The number of rotatable bonds is 7. The summed E-state index contributed by atoms with van der Waals surface area (Å²) in [6.07, 6.45) is 1.99. The number of hydrogen-bond donors (Lipinski definition) is 3. The number of sulfonamides is 1. The molecule has 1 saturated heterocycles. The lowest BCUT2D eigenvalue weighted by atomic mass is 10.0. The summed E-state index contributed by atoms with van der Waals surface area (Å²) in [5.74, 6) is -2.48. The second-order valence-electron chi connectivity index (χ2n) is 9.84. The summed E-state index contributed by atoms with van der Waals surface area (Å²) >= 11 is 0. The van der Waals surface area contributed by atoms with Crippen LogP contribution in [-0.4, -0.2) is 58.8 Å². The Balaban J connectivity index is 1.66. The Bertz CT molecular complexity index is 1810. The number of likely N-dealkylation sites (tertiary alicyclic amines) is 1. The van der Waals surface area contributed by atoms with Crippen molar-refractivity contribution >= 4 is 32.5 Å². The summed E-state index contributed by atoms with van der Waals surface area (Å²) < 4.78 is 62.4. The molecule has 2 aromatic heterocycles. The Morgan fingerprint density at radius 3 is 2.49 bits per heavy atom. The SMILES string of the molecule is CCS(=O)(=O)Nc1ccc(Oc2ccc(F)cc2F)c(-c2cn(C)c3c(=O)[nH]c(C(=O)N4CCC(O)CC4)cc23)c1. The topological polar surface area (TPSA) is 134 Å². The van der Waals surface area contributed by atoms with Crippen LogP contribution >= 0.6 is 0 Å². The molecule has 1 amide bonds. The molecular weight excluding hydrogens is 558 g/mol. The van der Waals surface area contributed by atoms with E-state index < -0.39 is 39.2 Å². The first-order valence-corrected chi connectivity index (χ1v) is 14.6. The first-order valence-electron chi connectivity index (χ1n) is 12.9. The van der Waals surface area contributed by atoms with E-state index in [1.807, 2.05) is 0 Å². The minimum atomic E-state index is -3.65. The zero-order chi connectivity index (χ0) is 29.5. The van der Waals surface area contributed by atoms with E-state index in [1.54, 1.807) is 22.7 Å². The van der Waals surface area contributed by atoms with Crippen LogP contribution < -0.4 is 15.0 Å². The average Bonchev–Trinajstić information content (AvgIpc) is 3.27. The fourth-order valence-electron chi connectivity index (χ4n) is 4.83. The normalized spacial score (nSPS) is 14.4. The van der Waals surface area contributed by atoms with Crippen LogP contribution in [0, 0.1) is 11.6 Å². The number of hydrogen-bond acceptors (Lipinski definition) is 6. The van der Waals surface area contributed by atoms with Crippen LogP contribution in [0.2, 0.25) is 0 Å². The number of aliphatic hydroxyl groups is 1. The molecule has 0 spiro atoms. The highest BCUT2D eigenvalue weighted by Crippen LogP contribution is 2.40. The van der Waals surface area contributed by atoms with Gasteiger partial charge in [0, 0.05) is 54.6 Å². The highest BCUT2D eigenvalue weighted by Gasteiger charge is 2.25. The molecule has 2 aromatic carbocycles. The monoisotopic (exact) mass is 586 g/mol. The van der Waals surface area contributed by atoms with E-state index in [4.69, 9.17) is 4.74 Å². The van der Waals surface area contributed by atoms with Crippen LogP contribution in [-0.2, 0) is 17.1 Å². The van der Waals surface area contributed by atoms with E-state index in [0.29, 0.717) is 48.5 Å². The van der Waals surface area contributed by atoms with Gasteiger partial charge in [0.1, 0.15) is 22.8 Å². The fourth-order valence-corrected chi connectivity index (χ4v) is 5.46. The number of carbonyl (C=O) groups excluding carboxylic acids is 1. The van der Waals surface area contributed by atoms with E-state index in [9.17, 15) is 31.9 Å². The number of piperidine rings is 1. The number of aryl methyl sites for hydroxylation is 1. The number of aromatic nitrogens is 2. The van der Waals surface area contributed by atoms with Gasteiger partial charge in [0.2, 0.25) is 10.0 Å². The number of benzene rings is 2. The van der Waals surface area contributed by atoms with Gasteiger partial charge in [-0.05, 0) is 56.2 Å². The highest BCUT2D eigenvalue weighted by molar-refractivity contribution is 7.92. The minimum Gasteiger partial charge on any atom is -0.454 e. The number of aromatic amines is 1. The first kappa shape index (κ1) is 28.3. The van der Waals surface area contributed by atoms with Crippen molar-refractivity contribution < 1.29 is 31.8 Å². The number of fused-ring (bicyclic) bond motifs is 1. The van der Waals surface area contributed by atoms with E-state index in [-0.39, 0.29) is 34.1 Å². The van der Waals surface area contributed by atoms with Crippen LogP contribution in [0.4, 0.5) is 14.5 Å². The zero-order valence-corrected chi connectivity index (χ0v) is 23.1. The number of halogens is 2. The lowest BCUT2D eigenvalue weighted by Gasteiger charge is -2.29. The van der Waals surface area contributed by atoms with E-state index >= 15 is 0 Å². The van der Waals surface area contributed by atoms with Gasteiger partial charge in [0.05, 0.1) is 11.9 Å². The first-order chi connectivity index (χ1) is 19.5. The minimum absolute atomic E-state index is 0.0428. The van der Waals surface area contributed by atoms with Crippen LogP contribution in [0.3, 0.4) is 0 Å². The Hall–Kier alpha value is -4.23. The fraction of sp³-hybridized carbons (Fsp3) is 0.286. The number of pyridine rings is 1. The quantitative estimate of drug-likeness (QED) is 0.300. The highest BCUT2D eigenvalue weighted by atomic mass is 32.2. The predicted octanol–water partition coefficient (Wildman–Crippen LogP) is 3.96. The molecule has 3 N–H and O–H groups in total. The zero-order valence-electron chi connectivity index (χ0n) is 22.3. The maximum absolute atomic E-state index is 14.5. The summed E-state index contributed by atoms with van der Waals surface area (Å²) in [6.45, 7) is 2.15. The van der Waals surface area contributed by atoms with Crippen LogP contribution in [0.5, 0.6) is 11.5 Å². The molecule has 0 bridgehead atoms. The predicted molar refractivity (Wildman–Crippen MR) is 150 cm³/mol. The summed E-state index contributed by atoms with van der Waals surface area (Å²) in [5, 5.41) is 10.2. The van der Waals surface area contributed by atoms with Gasteiger partial charge in [0.15, 0.2) is 11.6 Å². The van der Waals surface area contributed by atoms with Crippen molar-refractivity contribution in [2.75, 3.05) is 23.6 Å². The van der Waals surface area contributed by atoms with Crippen molar-refractivity contribution in [3.8, 4) is 22.6 Å². The summed E-state index contributed by atoms with van der Waals surface area (Å²) in [4.78, 5) is 30.6. The number of nitrogens with zero attached hydrogens (tertiary/aromatic N) is 2. The Morgan fingerprint density at radius 2 is 1.80 bits per heavy atom. The lowest BCUT2D eigenvalue weighted by Crippen LogP contribution is -2.40. The molecule has 4 aromatic rings. The molecule has 3 heterocycles.